The van der Waals surface area contributed by atoms with E-state index in [0.29, 0.717) is 17.5 Å². The summed E-state index contributed by atoms with van der Waals surface area (Å²) < 4.78 is 37.8. The van der Waals surface area contributed by atoms with E-state index in [0.717, 1.165) is 23.1 Å². The molecule has 0 bridgehead atoms. The summed E-state index contributed by atoms with van der Waals surface area (Å²) in [4.78, 5) is 35.6. The third-order valence-corrected chi connectivity index (χ3v) is 8.31. The van der Waals surface area contributed by atoms with Gasteiger partial charge in [-0.1, -0.05) is 35.1 Å². The molecule has 0 spiro atoms. The van der Waals surface area contributed by atoms with Crippen LogP contribution in [0, 0.1) is 0 Å². The van der Waals surface area contributed by atoms with E-state index in [1.807, 2.05) is 24.3 Å². The number of anilines is 2. The predicted molar refractivity (Wildman–Crippen MR) is 152 cm³/mol. The second kappa shape index (κ2) is 11.7. The zero-order chi connectivity index (χ0) is 29.4. The Labute approximate surface area is 247 Å². The van der Waals surface area contributed by atoms with Crippen molar-refractivity contribution >= 4 is 45.7 Å². The molecule has 2 atom stereocenters. The van der Waals surface area contributed by atoms with E-state index >= 15 is 0 Å². The Morgan fingerprint density at radius 1 is 1.14 bits per heavy atom. The minimum Gasteiger partial charge on any atom is -0.494 e. The zero-order valence-corrected chi connectivity index (χ0v) is 23.7. The molecule has 4 heterocycles. The molecule has 1 aliphatic carbocycles. The van der Waals surface area contributed by atoms with Crippen LogP contribution in [0.3, 0.4) is 0 Å². The smallest absolute Gasteiger partial charge is 0.280 e. The zero-order valence-electron chi connectivity index (χ0n) is 22.1. The third kappa shape index (κ3) is 5.67. The Balaban J connectivity index is 1.30. The van der Waals surface area contributed by atoms with Crippen LogP contribution < -0.4 is 15.0 Å². The van der Waals surface area contributed by atoms with Gasteiger partial charge in [0.25, 0.3) is 18.2 Å². The van der Waals surface area contributed by atoms with Gasteiger partial charge in [-0.2, -0.15) is 0 Å². The summed E-state index contributed by atoms with van der Waals surface area (Å²) in [6.45, 7) is 0.434. The van der Waals surface area contributed by atoms with Gasteiger partial charge in [-0.3, -0.25) is 24.8 Å². The van der Waals surface area contributed by atoms with E-state index < -0.39 is 18.0 Å². The standard InChI is InChI=1S/C28H23ClF2N6O4S/c1-40-22-12-32-21(25(30)31)9-18(22)17-10-23(37-6-7-41-13-24(37)38)33-11-20(17)26(39)34-28-36-35-27(42-28)19-8-16(19)14-2-4-15(29)5-3-14/h2-5,9-12,16,19,25H,6-8,13H2,1H3,(H,34,36,39)/t16-,19?/m0/s1. The minimum atomic E-state index is -2.85. The number of nitrogens with zero attached hydrogens (tertiary/aromatic N) is 5. The molecule has 14 heteroatoms. The number of amides is 2. The first kappa shape index (κ1) is 28.1. The van der Waals surface area contributed by atoms with Crippen LogP contribution >= 0.6 is 22.9 Å². The van der Waals surface area contributed by atoms with Gasteiger partial charge in [-0.25, -0.2) is 13.8 Å². The number of benzene rings is 1. The molecule has 3 aromatic heterocycles. The summed E-state index contributed by atoms with van der Waals surface area (Å²) in [5, 5.41) is 12.9. The fraction of sp³-hybridized carbons (Fsp3) is 0.286. The predicted octanol–water partition coefficient (Wildman–Crippen LogP) is 5.48. The second-order valence-electron chi connectivity index (χ2n) is 9.70. The number of ether oxygens (including phenoxy) is 2. The maximum Gasteiger partial charge on any atom is 0.280 e. The molecular formula is C28H23ClF2N6O4S. The van der Waals surface area contributed by atoms with Gasteiger partial charge in [0.1, 0.15) is 28.9 Å². The molecule has 1 aliphatic heterocycles. The number of rotatable bonds is 8. The van der Waals surface area contributed by atoms with Crippen molar-refractivity contribution in [2.75, 3.05) is 37.1 Å². The third-order valence-electron chi connectivity index (χ3n) is 7.09. The minimum absolute atomic E-state index is 0.0615. The highest BCUT2D eigenvalue weighted by Crippen LogP contribution is 2.55. The summed E-state index contributed by atoms with van der Waals surface area (Å²) in [6, 6.07) is 10.3. The number of hydrogen-bond donors (Lipinski definition) is 1. The highest BCUT2D eigenvalue weighted by Gasteiger charge is 2.42. The van der Waals surface area contributed by atoms with Crippen molar-refractivity contribution in [3.8, 4) is 16.9 Å². The molecule has 1 saturated carbocycles. The van der Waals surface area contributed by atoms with Crippen LogP contribution in [0.2, 0.25) is 5.02 Å². The number of methoxy groups -OCH3 is 1. The Kier molecular flexibility index (Phi) is 7.80. The number of nitrogens with one attached hydrogen (secondary N) is 1. The number of alkyl halides is 2. The van der Waals surface area contributed by atoms with Crippen molar-refractivity contribution in [1.82, 2.24) is 20.2 Å². The van der Waals surface area contributed by atoms with Gasteiger partial charge >= 0.3 is 0 Å². The van der Waals surface area contributed by atoms with Gasteiger partial charge in [-0.15, -0.1) is 10.2 Å². The van der Waals surface area contributed by atoms with Crippen molar-refractivity contribution in [2.24, 2.45) is 0 Å². The number of carbonyl (C=O) groups excluding carboxylic acids is 2. The lowest BCUT2D eigenvalue weighted by Crippen LogP contribution is -2.42. The van der Waals surface area contributed by atoms with Crippen molar-refractivity contribution in [2.45, 2.75) is 24.7 Å². The molecule has 6 rings (SSSR count). The van der Waals surface area contributed by atoms with Crippen LogP contribution in [0.15, 0.2) is 48.8 Å². The second-order valence-corrected chi connectivity index (χ2v) is 11.1. The van der Waals surface area contributed by atoms with Crippen LogP contribution in [0.5, 0.6) is 5.75 Å². The van der Waals surface area contributed by atoms with E-state index in [-0.39, 0.29) is 58.4 Å². The van der Waals surface area contributed by atoms with E-state index in [2.05, 4.69) is 25.5 Å². The van der Waals surface area contributed by atoms with Crippen molar-refractivity contribution in [1.29, 1.82) is 0 Å². The lowest BCUT2D eigenvalue weighted by Gasteiger charge is -2.26. The highest BCUT2D eigenvalue weighted by molar-refractivity contribution is 7.15. The summed E-state index contributed by atoms with van der Waals surface area (Å²) in [5.41, 5.74) is 1.15. The quantitative estimate of drug-likeness (QED) is 0.278. The Morgan fingerprint density at radius 3 is 2.69 bits per heavy atom. The average molecular weight is 613 g/mol. The van der Waals surface area contributed by atoms with Crippen LogP contribution in [0.1, 0.15) is 51.3 Å². The average Bonchev–Trinajstić information content (AvgIpc) is 3.67. The Morgan fingerprint density at radius 2 is 1.95 bits per heavy atom. The van der Waals surface area contributed by atoms with E-state index in [1.54, 1.807) is 0 Å². The van der Waals surface area contributed by atoms with E-state index in [4.69, 9.17) is 21.1 Å². The van der Waals surface area contributed by atoms with Crippen molar-refractivity contribution in [3.05, 3.63) is 75.6 Å². The number of pyridine rings is 2. The molecule has 216 valence electrons. The van der Waals surface area contributed by atoms with Gasteiger partial charge < -0.3 is 9.47 Å². The number of morpholine rings is 1. The van der Waals surface area contributed by atoms with Crippen LogP contribution in [0.25, 0.3) is 11.1 Å². The lowest BCUT2D eigenvalue weighted by atomic mass is 9.99. The molecular weight excluding hydrogens is 590 g/mol. The molecule has 1 N–H and O–H groups in total. The summed E-state index contributed by atoms with van der Waals surface area (Å²) in [7, 11) is 1.37. The Hall–Kier alpha value is -4.07. The van der Waals surface area contributed by atoms with Crippen LogP contribution in [0.4, 0.5) is 19.7 Å². The van der Waals surface area contributed by atoms with Crippen LogP contribution in [-0.2, 0) is 9.53 Å². The van der Waals surface area contributed by atoms with Crippen molar-refractivity contribution < 1.29 is 27.8 Å². The molecule has 42 heavy (non-hydrogen) atoms. The normalized spacial score (nSPS) is 18.3. The molecule has 1 saturated heterocycles. The first-order valence-corrected chi connectivity index (χ1v) is 14.1. The highest BCUT2D eigenvalue weighted by atomic mass is 35.5. The summed E-state index contributed by atoms with van der Waals surface area (Å²) >= 11 is 7.27. The monoisotopic (exact) mass is 612 g/mol. The number of aromatic nitrogens is 4. The lowest BCUT2D eigenvalue weighted by molar-refractivity contribution is -0.125. The van der Waals surface area contributed by atoms with Gasteiger partial charge in [0.05, 0.1) is 32.0 Å². The molecule has 1 unspecified atom stereocenters. The molecule has 2 aliphatic rings. The summed E-state index contributed by atoms with van der Waals surface area (Å²) in [6.07, 6.45) is 0.522. The first-order valence-electron chi connectivity index (χ1n) is 12.9. The molecule has 10 nitrogen and oxygen atoms in total. The molecule has 0 radical (unpaired) electrons. The first-order chi connectivity index (χ1) is 20.3. The van der Waals surface area contributed by atoms with Crippen molar-refractivity contribution in [3.63, 3.8) is 0 Å². The SMILES string of the molecule is COc1cnc(C(F)F)cc1-c1cc(N2CCOCC2=O)ncc1C(=O)Nc1nnc(C2C[C@H]2c2ccc(Cl)cc2)s1. The topological polar surface area (TPSA) is 119 Å². The van der Waals surface area contributed by atoms with E-state index in [1.165, 1.54) is 41.8 Å². The Bertz CT molecular complexity index is 1650. The van der Waals surface area contributed by atoms with Gasteiger partial charge in [0.15, 0.2) is 0 Å². The maximum atomic E-state index is 13.6. The van der Waals surface area contributed by atoms with E-state index in [9.17, 15) is 18.4 Å². The fourth-order valence-electron chi connectivity index (χ4n) is 4.85. The molecule has 1 aromatic carbocycles. The summed E-state index contributed by atoms with van der Waals surface area (Å²) in [5.74, 6) is -0.00156. The number of hydrogen-bond acceptors (Lipinski definition) is 9. The molecule has 2 fully saturated rings. The van der Waals surface area contributed by atoms with Crippen LogP contribution in [-0.4, -0.2) is 58.8 Å². The maximum absolute atomic E-state index is 13.6. The largest absolute Gasteiger partial charge is 0.494 e. The number of halogens is 3. The molecule has 2 amide bonds. The fourth-order valence-corrected chi connectivity index (χ4v) is 5.90. The number of carbonyl (C=O) groups is 2. The molecule has 4 aromatic rings. The van der Waals surface area contributed by atoms with Gasteiger partial charge in [-0.05, 0) is 42.2 Å². The van der Waals surface area contributed by atoms with Gasteiger partial charge in [0, 0.05) is 28.3 Å². The van der Waals surface area contributed by atoms with Gasteiger partial charge in [0.2, 0.25) is 5.13 Å².